The molecule has 0 heterocycles. The average Bonchev–Trinajstić information content (AvgIpc) is 2.61. The molecule has 2 aromatic carbocycles. The Morgan fingerprint density at radius 1 is 1.16 bits per heavy atom. The van der Waals surface area contributed by atoms with Gasteiger partial charge in [-0.2, -0.15) is 0 Å². The maximum absolute atomic E-state index is 11.6. The van der Waals surface area contributed by atoms with Crippen LogP contribution in [0.2, 0.25) is 0 Å². The van der Waals surface area contributed by atoms with Gasteiger partial charge in [-0.1, -0.05) is 48.6 Å². The Morgan fingerprint density at radius 2 is 1.92 bits per heavy atom. The Hall–Kier alpha value is -3.08. The van der Waals surface area contributed by atoms with E-state index >= 15 is 0 Å². The molecule has 0 spiro atoms. The van der Waals surface area contributed by atoms with Gasteiger partial charge in [0.2, 0.25) is 0 Å². The maximum atomic E-state index is 11.6. The van der Waals surface area contributed by atoms with Crippen molar-refractivity contribution in [1.82, 2.24) is 5.32 Å². The van der Waals surface area contributed by atoms with Crippen molar-refractivity contribution in [3.8, 4) is 0 Å². The lowest BCUT2D eigenvalue weighted by Crippen LogP contribution is -2.24. The summed E-state index contributed by atoms with van der Waals surface area (Å²) >= 11 is 0. The first-order valence-electron chi connectivity index (χ1n) is 8.08. The topological polar surface area (TPSA) is 81.4 Å². The number of Topliss-reactive ketones (excluding diaryl/α,β-unsaturated/α-hetero) is 1. The summed E-state index contributed by atoms with van der Waals surface area (Å²) in [5.74, 6) is -0.0596. The highest BCUT2D eigenvalue weighted by atomic mass is 16.5. The fraction of sp³-hybridized carbons (Fsp3) is 0.200. The lowest BCUT2D eigenvalue weighted by Gasteiger charge is -2.06. The number of hydrogen-bond acceptors (Lipinski definition) is 4. The first-order chi connectivity index (χ1) is 12.1. The molecule has 5 heteroatoms. The van der Waals surface area contributed by atoms with E-state index in [2.05, 4.69) is 5.32 Å². The Bertz CT molecular complexity index is 755. The number of anilines is 1. The van der Waals surface area contributed by atoms with Crippen LogP contribution in [-0.2, 0) is 11.3 Å². The van der Waals surface area contributed by atoms with Crippen LogP contribution in [-0.4, -0.2) is 18.4 Å². The van der Waals surface area contributed by atoms with Gasteiger partial charge in [-0.25, -0.2) is 4.79 Å². The van der Waals surface area contributed by atoms with Gasteiger partial charge in [0.15, 0.2) is 5.78 Å². The fourth-order valence-corrected chi connectivity index (χ4v) is 2.23. The van der Waals surface area contributed by atoms with Crippen LogP contribution in [0.15, 0.2) is 54.6 Å². The number of alkyl carbamates (subject to hydrolysis) is 1. The van der Waals surface area contributed by atoms with E-state index in [4.69, 9.17) is 10.5 Å². The Kier molecular flexibility index (Phi) is 6.77. The number of carbonyl (C=O) groups is 2. The van der Waals surface area contributed by atoms with Crippen molar-refractivity contribution in [3.63, 3.8) is 0 Å². The maximum Gasteiger partial charge on any atom is 0.407 e. The van der Waals surface area contributed by atoms with Crippen LogP contribution in [0.3, 0.4) is 0 Å². The molecule has 2 rings (SSSR count). The van der Waals surface area contributed by atoms with Gasteiger partial charge in [-0.05, 0) is 36.6 Å². The number of carbonyl (C=O) groups excluding carboxylic acids is 2. The second kappa shape index (κ2) is 9.27. The number of nitrogen functional groups attached to an aromatic ring is 1. The Morgan fingerprint density at radius 3 is 2.64 bits per heavy atom. The molecule has 0 unspecified atom stereocenters. The summed E-state index contributed by atoms with van der Waals surface area (Å²) in [5.41, 5.74) is 8.60. The van der Waals surface area contributed by atoms with Crippen molar-refractivity contribution in [1.29, 1.82) is 0 Å². The van der Waals surface area contributed by atoms with E-state index in [1.807, 2.05) is 48.6 Å². The second-order valence-corrected chi connectivity index (χ2v) is 5.58. The predicted molar refractivity (Wildman–Crippen MR) is 99.1 cm³/mol. The Balaban J connectivity index is 1.72. The second-order valence-electron chi connectivity index (χ2n) is 5.58. The van der Waals surface area contributed by atoms with Crippen LogP contribution in [0.25, 0.3) is 6.08 Å². The molecule has 0 radical (unpaired) electrons. The van der Waals surface area contributed by atoms with Crippen LogP contribution in [0.4, 0.5) is 10.5 Å². The standard InChI is InChI=1S/C20H22N2O3/c1-15(23)18-13-16(10-11-19(18)21)7-5-6-12-22-20(24)25-14-17-8-3-2-4-9-17/h2-5,7-11,13H,6,12,14,21H2,1H3,(H,22,24). The highest BCUT2D eigenvalue weighted by Crippen LogP contribution is 2.16. The molecule has 0 aliphatic rings. The molecule has 0 aromatic heterocycles. The highest BCUT2D eigenvalue weighted by molar-refractivity contribution is 5.99. The molecule has 0 saturated carbocycles. The van der Waals surface area contributed by atoms with Gasteiger partial charge >= 0.3 is 6.09 Å². The summed E-state index contributed by atoms with van der Waals surface area (Å²) in [4.78, 5) is 23.1. The third-order valence-corrected chi connectivity index (χ3v) is 3.56. The number of rotatable bonds is 7. The van der Waals surface area contributed by atoms with Gasteiger partial charge in [0.1, 0.15) is 6.61 Å². The summed E-state index contributed by atoms with van der Waals surface area (Å²) < 4.78 is 5.12. The van der Waals surface area contributed by atoms with Crippen molar-refractivity contribution in [2.24, 2.45) is 0 Å². The number of nitrogens with two attached hydrogens (primary N) is 1. The lowest BCUT2D eigenvalue weighted by atomic mass is 10.1. The molecule has 1 amide bonds. The average molecular weight is 338 g/mol. The molecule has 0 bridgehead atoms. The summed E-state index contributed by atoms with van der Waals surface area (Å²) in [6.45, 7) is 2.21. The summed E-state index contributed by atoms with van der Waals surface area (Å²) in [6, 6.07) is 14.8. The van der Waals surface area contributed by atoms with Crippen LogP contribution in [0.1, 0.15) is 34.8 Å². The van der Waals surface area contributed by atoms with Crippen molar-refractivity contribution in [2.45, 2.75) is 20.0 Å². The van der Waals surface area contributed by atoms with E-state index in [1.165, 1.54) is 6.92 Å². The van der Waals surface area contributed by atoms with Crippen LogP contribution >= 0.6 is 0 Å². The molecule has 2 aromatic rings. The van der Waals surface area contributed by atoms with E-state index in [1.54, 1.807) is 12.1 Å². The van der Waals surface area contributed by atoms with Crippen molar-refractivity contribution in [3.05, 3.63) is 71.3 Å². The normalized spacial score (nSPS) is 10.6. The first-order valence-corrected chi connectivity index (χ1v) is 8.08. The molecular formula is C20H22N2O3. The molecule has 0 atom stereocenters. The minimum Gasteiger partial charge on any atom is -0.445 e. The molecule has 130 valence electrons. The van der Waals surface area contributed by atoms with Gasteiger partial charge < -0.3 is 15.8 Å². The van der Waals surface area contributed by atoms with E-state index in [-0.39, 0.29) is 12.4 Å². The van der Waals surface area contributed by atoms with Crippen molar-refractivity contribution >= 4 is 23.6 Å². The quantitative estimate of drug-likeness (QED) is 0.457. The monoisotopic (exact) mass is 338 g/mol. The van der Waals surface area contributed by atoms with E-state index in [0.717, 1.165) is 11.1 Å². The predicted octanol–water partition coefficient (Wildman–Crippen LogP) is 3.80. The van der Waals surface area contributed by atoms with E-state index in [0.29, 0.717) is 24.2 Å². The summed E-state index contributed by atoms with van der Waals surface area (Å²) in [5, 5.41) is 2.69. The zero-order valence-corrected chi connectivity index (χ0v) is 14.2. The van der Waals surface area contributed by atoms with Gasteiger partial charge in [-0.3, -0.25) is 4.79 Å². The van der Waals surface area contributed by atoms with E-state index in [9.17, 15) is 9.59 Å². The van der Waals surface area contributed by atoms with Gasteiger partial charge in [-0.15, -0.1) is 0 Å². The number of benzene rings is 2. The molecule has 0 fully saturated rings. The SMILES string of the molecule is CC(=O)c1cc(C=CCCNC(=O)OCc2ccccc2)ccc1N. The van der Waals surface area contributed by atoms with Gasteiger partial charge in [0.05, 0.1) is 0 Å². The van der Waals surface area contributed by atoms with Crippen molar-refractivity contribution in [2.75, 3.05) is 12.3 Å². The zero-order chi connectivity index (χ0) is 18.1. The third-order valence-electron chi connectivity index (χ3n) is 3.56. The van der Waals surface area contributed by atoms with Gasteiger partial charge in [0, 0.05) is 17.8 Å². The molecule has 5 nitrogen and oxygen atoms in total. The summed E-state index contributed by atoms with van der Waals surface area (Å²) in [7, 11) is 0. The van der Waals surface area contributed by atoms with Crippen LogP contribution in [0.5, 0.6) is 0 Å². The highest BCUT2D eigenvalue weighted by Gasteiger charge is 2.04. The number of amides is 1. The lowest BCUT2D eigenvalue weighted by molar-refractivity contribution is 0.101. The van der Waals surface area contributed by atoms with Crippen molar-refractivity contribution < 1.29 is 14.3 Å². The molecule has 0 saturated heterocycles. The van der Waals surface area contributed by atoms with Crippen LogP contribution in [0, 0.1) is 0 Å². The molecule has 0 aliphatic carbocycles. The Labute approximate surface area is 147 Å². The van der Waals surface area contributed by atoms with E-state index < -0.39 is 6.09 Å². The van der Waals surface area contributed by atoms with Gasteiger partial charge in [0.25, 0.3) is 0 Å². The zero-order valence-electron chi connectivity index (χ0n) is 14.2. The number of nitrogens with one attached hydrogen (secondary N) is 1. The molecule has 0 aliphatic heterocycles. The first kappa shape index (κ1) is 18.3. The molecule has 25 heavy (non-hydrogen) atoms. The van der Waals surface area contributed by atoms with Crippen LogP contribution < -0.4 is 11.1 Å². The number of hydrogen-bond donors (Lipinski definition) is 2. The smallest absolute Gasteiger partial charge is 0.407 e. The number of ketones is 1. The summed E-state index contributed by atoms with van der Waals surface area (Å²) in [6.07, 6.45) is 4.03. The molecule has 3 N–H and O–H groups in total. The molecular weight excluding hydrogens is 316 g/mol. The number of ether oxygens (including phenoxy) is 1. The third kappa shape index (κ3) is 6.14. The largest absolute Gasteiger partial charge is 0.445 e. The fourth-order valence-electron chi connectivity index (χ4n) is 2.23. The minimum atomic E-state index is -0.441. The minimum absolute atomic E-state index is 0.0596.